The molecule has 0 saturated heterocycles. The van der Waals surface area contributed by atoms with Crippen molar-refractivity contribution in [2.45, 2.75) is 12.3 Å². The van der Waals surface area contributed by atoms with Crippen LogP contribution in [0.4, 0.5) is 13.2 Å². The Hall–Kier alpha value is -2.62. The molecule has 1 unspecified atom stereocenters. The van der Waals surface area contributed by atoms with Gasteiger partial charge in [-0.15, -0.1) is 0 Å². The third kappa shape index (κ3) is 5.88. The van der Waals surface area contributed by atoms with Crippen LogP contribution < -0.4 is 10.6 Å². The maximum Gasteiger partial charge on any atom is 0.416 e. The van der Waals surface area contributed by atoms with Crippen molar-refractivity contribution in [3.05, 3.63) is 35.4 Å². The van der Waals surface area contributed by atoms with E-state index in [2.05, 4.69) is 15.4 Å². The molecular formula is C14H15F3N2O5. The van der Waals surface area contributed by atoms with E-state index in [1.54, 1.807) is 0 Å². The van der Waals surface area contributed by atoms with Crippen molar-refractivity contribution >= 4 is 17.8 Å². The first kappa shape index (κ1) is 19.4. The number of amides is 2. The largest absolute Gasteiger partial charge is 0.479 e. The highest BCUT2D eigenvalue weighted by Crippen LogP contribution is 2.28. The van der Waals surface area contributed by atoms with Crippen molar-refractivity contribution in [1.82, 2.24) is 10.6 Å². The van der Waals surface area contributed by atoms with Crippen molar-refractivity contribution in [2.75, 3.05) is 20.2 Å². The Kier molecular flexibility index (Phi) is 6.71. The number of hydrogen-bond donors (Lipinski definition) is 3. The van der Waals surface area contributed by atoms with Crippen molar-refractivity contribution in [1.29, 1.82) is 0 Å². The Morgan fingerprint density at radius 2 is 1.75 bits per heavy atom. The molecule has 0 aliphatic carbocycles. The number of alkyl halides is 3. The van der Waals surface area contributed by atoms with Crippen molar-refractivity contribution in [2.24, 2.45) is 0 Å². The summed E-state index contributed by atoms with van der Waals surface area (Å²) >= 11 is 0. The highest BCUT2D eigenvalue weighted by molar-refractivity contribution is 5.96. The molecule has 10 heteroatoms. The van der Waals surface area contributed by atoms with Gasteiger partial charge in [0.05, 0.1) is 18.7 Å². The van der Waals surface area contributed by atoms with Gasteiger partial charge in [0.1, 0.15) is 0 Å². The fourth-order valence-corrected chi connectivity index (χ4v) is 1.61. The molecule has 2 amide bonds. The lowest BCUT2D eigenvalue weighted by Crippen LogP contribution is -2.42. The van der Waals surface area contributed by atoms with Crippen molar-refractivity contribution in [3.63, 3.8) is 0 Å². The van der Waals surface area contributed by atoms with Crippen LogP contribution in [-0.2, 0) is 20.5 Å². The summed E-state index contributed by atoms with van der Waals surface area (Å²) < 4.78 is 41.8. The van der Waals surface area contributed by atoms with Crippen LogP contribution in [0.1, 0.15) is 15.9 Å². The number of aliphatic carboxylic acids is 1. The van der Waals surface area contributed by atoms with Crippen LogP contribution >= 0.6 is 0 Å². The summed E-state index contributed by atoms with van der Waals surface area (Å²) in [6.45, 7) is -0.753. The average Bonchev–Trinajstić information content (AvgIpc) is 2.52. The quantitative estimate of drug-likeness (QED) is 0.671. The number of methoxy groups -OCH3 is 1. The molecule has 0 spiro atoms. The Morgan fingerprint density at radius 1 is 1.17 bits per heavy atom. The maximum atomic E-state index is 12.4. The molecule has 0 aliphatic heterocycles. The van der Waals surface area contributed by atoms with Gasteiger partial charge in [0, 0.05) is 12.7 Å². The third-order valence-corrected chi connectivity index (χ3v) is 2.93. The van der Waals surface area contributed by atoms with E-state index in [0.29, 0.717) is 0 Å². The summed E-state index contributed by atoms with van der Waals surface area (Å²) in [6.07, 6.45) is -5.73. The minimum Gasteiger partial charge on any atom is -0.479 e. The summed E-state index contributed by atoms with van der Waals surface area (Å²) in [5.74, 6) is -2.66. The zero-order valence-electron chi connectivity index (χ0n) is 12.5. The Balaban J connectivity index is 2.48. The Labute approximate surface area is 134 Å². The topological polar surface area (TPSA) is 105 Å². The summed E-state index contributed by atoms with van der Waals surface area (Å²) in [4.78, 5) is 33.9. The van der Waals surface area contributed by atoms with Gasteiger partial charge in [-0.1, -0.05) is 0 Å². The predicted octanol–water partition coefficient (Wildman–Crippen LogP) is 0.651. The summed E-state index contributed by atoms with van der Waals surface area (Å²) in [5.41, 5.74) is -0.938. The normalized spacial score (nSPS) is 12.3. The molecule has 24 heavy (non-hydrogen) atoms. The van der Waals surface area contributed by atoms with Gasteiger partial charge in [0.15, 0.2) is 6.10 Å². The molecule has 132 valence electrons. The molecule has 0 bridgehead atoms. The molecule has 0 saturated carbocycles. The summed E-state index contributed by atoms with van der Waals surface area (Å²) in [6, 6.07) is 3.49. The van der Waals surface area contributed by atoms with Gasteiger partial charge in [-0.3, -0.25) is 9.59 Å². The second-order valence-corrected chi connectivity index (χ2v) is 4.62. The van der Waals surface area contributed by atoms with E-state index in [1.165, 1.54) is 0 Å². The second-order valence-electron chi connectivity index (χ2n) is 4.62. The van der Waals surface area contributed by atoms with Gasteiger partial charge < -0.3 is 20.5 Å². The highest BCUT2D eigenvalue weighted by atomic mass is 19.4. The molecule has 1 rings (SSSR count). The number of nitrogens with one attached hydrogen (secondary N) is 2. The number of halogens is 3. The van der Waals surface area contributed by atoms with E-state index >= 15 is 0 Å². The van der Waals surface area contributed by atoms with Crippen LogP contribution in [0.5, 0.6) is 0 Å². The number of hydrogen-bond acceptors (Lipinski definition) is 4. The Bertz CT molecular complexity index is 601. The summed E-state index contributed by atoms with van der Waals surface area (Å²) in [7, 11) is 1.16. The molecule has 0 heterocycles. The number of carboxylic acids is 1. The van der Waals surface area contributed by atoms with Gasteiger partial charge in [-0.2, -0.15) is 13.2 Å². The predicted molar refractivity (Wildman–Crippen MR) is 75.2 cm³/mol. The maximum absolute atomic E-state index is 12.4. The summed E-state index contributed by atoms with van der Waals surface area (Å²) in [5, 5.41) is 13.2. The van der Waals surface area contributed by atoms with E-state index in [9.17, 15) is 27.6 Å². The molecule has 1 atom stereocenters. The standard InChI is InChI=1S/C14H15F3N2O5/c1-24-10(13(22)23)6-18-11(20)7-19-12(21)8-2-4-9(5-3-8)14(15,16)17/h2-5,10H,6-7H2,1H3,(H,18,20)(H,19,21)(H,22,23). The molecule has 0 fully saturated rings. The second kappa shape index (κ2) is 8.29. The smallest absolute Gasteiger partial charge is 0.416 e. The highest BCUT2D eigenvalue weighted by Gasteiger charge is 2.30. The minimum absolute atomic E-state index is 0.0453. The fraction of sp³-hybridized carbons (Fsp3) is 0.357. The lowest BCUT2D eigenvalue weighted by atomic mass is 10.1. The minimum atomic E-state index is -4.50. The van der Waals surface area contributed by atoms with E-state index in [0.717, 1.165) is 31.4 Å². The van der Waals surface area contributed by atoms with E-state index < -0.39 is 42.2 Å². The van der Waals surface area contributed by atoms with Crippen LogP contribution in [0.25, 0.3) is 0 Å². The molecule has 0 aliphatic rings. The lowest BCUT2D eigenvalue weighted by molar-refractivity contribution is -0.148. The van der Waals surface area contributed by atoms with Crippen LogP contribution in [0.3, 0.4) is 0 Å². The van der Waals surface area contributed by atoms with Crippen molar-refractivity contribution < 1.29 is 37.4 Å². The lowest BCUT2D eigenvalue weighted by Gasteiger charge is -2.12. The fourth-order valence-electron chi connectivity index (χ4n) is 1.61. The first-order valence-electron chi connectivity index (χ1n) is 6.63. The van der Waals surface area contributed by atoms with Crippen LogP contribution in [0, 0.1) is 0 Å². The number of rotatable bonds is 7. The van der Waals surface area contributed by atoms with Gasteiger partial charge in [0.2, 0.25) is 5.91 Å². The first-order chi connectivity index (χ1) is 11.1. The molecule has 7 nitrogen and oxygen atoms in total. The zero-order chi connectivity index (χ0) is 18.3. The van der Waals surface area contributed by atoms with E-state index in [4.69, 9.17) is 5.11 Å². The van der Waals surface area contributed by atoms with Gasteiger partial charge >= 0.3 is 12.1 Å². The molecule has 0 radical (unpaired) electrons. The van der Waals surface area contributed by atoms with E-state index in [-0.39, 0.29) is 12.1 Å². The van der Waals surface area contributed by atoms with Crippen LogP contribution in [0.15, 0.2) is 24.3 Å². The number of carbonyl (C=O) groups is 3. The molecular weight excluding hydrogens is 333 g/mol. The van der Waals surface area contributed by atoms with Gasteiger partial charge in [-0.25, -0.2) is 4.79 Å². The van der Waals surface area contributed by atoms with E-state index in [1.807, 2.05) is 0 Å². The number of carboxylic acid groups (broad SMARTS) is 1. The van der Waals surface area contributed by atoms with Gasteiger partial charge in [0.25, 0.3) is 5.91 Å². The molecule has 1 aromatic rings. The molecule has 1 aromatic carbocycles. The third-order valence-electron chi connectivity index (χ3n) is 2.93. The van der Waals surface area contributed by atoms with Gasteiger partial charge in [-0.05, 0) is 24.3 Å². The number of ether oxygens (including phenoxy) is 1. The SMILES string of the molecule is COC(CNC(=O)CNC(=O)c1ccc(C(F)(F)F)cc1)C(=O)O. The van der Waals surface area contributed by atoms with Crippen LogP contribution in [-0.4, -0.2) is 49.2 Å². The Morgan fingerprint density at radius 3 is 2.21 bits per heavy atom. The molecule has 0 aromatic heterocycles. The van der Waals surface area contributed by atoms with Crippen molar-refractivity contribution in [3.8, 4) is 0 Å². The average molecular weight is 348 g/mol. The van der Waals surface area contributed by atoms with Crippen LogP contribution in [0.2, 0.25) is 0 Å². The zero-order valence-corrected chi connectivity index (χ0v) is 12.5. The first-order valence-corrected chi connectivity index (χ1v) is 6.63. The number of benzene rings is 1. The monoisotopic (exact) mass is 348 g/mol. The molecule has 3 N–H and O–H groups in total. The number of carbonyl (C=O) groups excluding carboxylic acids is 2.